The van der Waals surface area contributed by atoms with Gasteiger partial charge in [0.15, 0.2) is 0 Å². The molecule has 1 aliphatic rings. The summed E-state index contributed by atoms with van der Waals surface area (Å²) in [4.78, 5) is 0. The molecule has 1 aromatic rings. The summed E-state index contributed by atoms with van der Waals surface area (Å²) in [6.07, 6.45) is -4.38. The van der Waals surface area contributed by atoms with Crippen LogP contribution in [0.3, 0.4) is 0 Å². The highest BCUT2D eigenvalue weighted by Crippen LogP contribution is 2.37. The smallest absolute Gasteiger partial charge is 0.399 e. The molecule has 0 unspecified atom stereocenters. The van der Waals surface area contributed by atoms with Crippen LogP contribution in [0.5, 0.6) is 0 Å². The molecular formula is C16H24BF3O2Si. The molecule has 0 N–H and O–H groups in total. The minimum absolute atomic E-state index is 0.441. The first-order valence-electron chi connectivity index (χ1n) is 7.72. The van der Waals surface area contributed by atoms with Gasteiger partial charge in [0, 0.05) is 0 Å². The first-order chi connectivity index (χ1) is 10.1. The van der Waals surface area contributed by atoms with Crippen LogP contribution in [0, 0.1) is 0 Å². The van der Waals surface area contributed by atoms with E-state index in [1.54, 1.807) is 0 Å². The van der Waals surface area contributed by atoms with Gasteiger partial charge in [-0.2, -0.15) is 13.2 Å². The van der Waals surface area contributed by atoms with E-state index in [1.165, 1.54) is 6.07 Å². The number of alkyl halides is 3. The summed E-state index contributed by atoms with van der Waals surface area (Å²) in [6.45, 7) is 13.6. The van der Waals surface area contributed by atoms with Crippen molar-refractivity contribution in [1.82, 2.24) is 0 Å². The second-order valence-electron chi connectivity index (χ2n) is 8.18. The molecule has 23 heavy (non-hydrogen) atoms. The first-order valence-corrected chi connectivity index (χ1v) is 11.2. The molecule has 0 amide bonds. The highest BCUT2D eigenvalue weighted by atomic mass is 28.3. The van der Waals surface area contributed by atoms with Gasteiger partial charge in [-0.3, -0.25) is 0 Å². The predicted octanol–water partition coefficient (Wildman–Crippen LogP) is 3.55. The van der Waals surface area contributed by atoms with Crippen molar-refractivity contribution in [2.45, 2.75) is 64.7 Å². The van der Waals surface area contributed by atoms with Crippen LogP contribution >= 0.6 is 0 Å². The molecule has 7 heteroatoms. The first kappa shape index (κ1) is 18.5. The van der Waals surface area contributed by atoms with E-state index in [2.05, 4.69) is 0 Å². The molecule has 0 aromatic heterocycles. The summed E-state index contributed by atoms with van der Waals surface area (Å²) in [5.41, 5.74) is -1.35. The Labute approximate surface area is 137 Å². The number of halogens is 3. The lowest BCUT2D eigenvalue weighted by atomic mass is 9.78. The summed E-state index contributed by atoms with van der Waals surface area (Å²) in [7, 11) is -2.69. The molecule has 0 spiro atoms. The summed E-state index contributed by atoms with van der Waals surface area (Å²) < 4.78 is 51.6. The van der Waals surface area contributed by atoms with Crippen molar-refractivity contribution in [3.63, 3.8) is 0 Å². The molecule has 0 radical (unpaired) electrons. The third-order valence-electron chi connectivity index (χ3n) is 4.67. The van der Waals surface area contributed by atoms with E-state index in [9.17, 15) is 13.2 Å². The van der Waals surface area contributed by atoms with Crippen LogP contribution in [0.1, 0.15) is 33.3 Å². The van der Waals surface area contributed by atoms with Crippen molar-refractivity contribution in [3.8, 4) is 0 Å². The topological polar surface area (TPSA) is 18.5 Å². The second kappa shape index (κ2) is 5.36. The summed E-state index contributed by atoms with van der Waals surface area (Å²) >= 11 is 0. The SMILES string of the molecule is CC1(C)OB(c2cc(C(F)(F)F)cc([Si](C)(C)C)c2)OC1(C)C. The Morgan fingerprint density at radius 2 is 1.39 bits per heavy atom. The predicted molar refractivity (Wildman–Crippen MR) is 90.1 cm³/mol. The highest BCUT2D eigenvalue weighted by Gasteiger charge is 2.52. The Morgan fingerprint density at radius 1 is 0.913 bits per heavy atom. The van der Waals surface area contributed by atoms with Gasteiger partial charge in [-0.25, -0.2) is 0 Å². The Bertz CT molecular complexity index is 558. The maximum Gasteiger partial charge on any atom is 0.494 e. The van der Waals surface area contributed by atoms with Crippen LogP contribution in [0.4, 0.5) is 13.2 Å². The zero-order valence-corrected chi connectivity index (χ0v) is 15.8. The van der Waals surface area contributed by atoms with Gasteiger partial charge < -0.3 is 9.31 Å². The van der Waals surface area contributed by atoms with Crippen molar-refractivity contribution in [2.75, 3.05) is 0 Å². The number of hydrogen-bond donors (Lipinski definition) is 0. The Hall–Kier alpha value is -0.788. The standard InChI is InChI=1S/C16H24BF3O2Si/c1-14(2)15(3,4)22-17(21-14)12-8-11(16(18,19)20)9-13(10-12)23(5,6)7/h8-10H,1-7H3. The van der Waals surface area contributed by atoms with Crippen LogP contribution in [-0.2, 0) is 15.5 Å². The van der Waals surface area contributed by atoms with E-state index < -0.39 is 38.1 Å². The van der Waals surface area contributed by atoms with Crippen LogP contribution in [0.25, 0.3) is 0 Å². The summed E-state index contributed by atoms with van der Waals surface area (Å²) in [5, 5.41) is 0.747. The third kappa shape index (κ3) is 3.67. The lowest BCUT2D eigenvalue weighted by Gasteiger charge is -2.32. The molecule has 2 nitrogen and oxygen atoms in total. The Balaban J connectivity index is 2.51. The Morgan fingerprint density at radius 3 is 1.78 bits per heavy atom. The average Bonchev–Trinajstić information content (AvgIpc) is 2.56. The average molecular weight is 344 g/mol. The number of rotatable bonds is 2. The molecule has 0 bridgehead atoms. The zero-order valence-electron chi connectivity index (χ0n) is 14.8. The highest BCUT2D eigenvalue weighted by molar-refractivity contribution is 6.89. The molecule has 1 heterocycles. The van der Waals surface area contributed by atoms with Crippen LogP contribution in [0.2, 0.25) is 19.6 Å². The third-order valence-corrected chi connectivity index (χ3v) is 6.69. The Kier molecular flexibility index (Phi) is 4.32. The maximum absolute atomic E-state index is 13.3. The van der Waals surface area contributed by atoms with Crippen molar-refractivity contribution < 1.29 is 22.5 Å². The molecule has 2 rings (SSSR count). The number of hydrogen-bond acceptors (Lipinski definition) is 2. The molecule has 1 fully saturated rings. The van der Waals surface area contributed by atoms with E-state index in [0.717, 1.165) is 11.3 Å². The van der Waals surface area contributed by atoms with Gasteiger partial charge in [0.2, 0.25) is 0 Å². The maximum atomic E-state index is 13.3. The van der Waals surface area contributed by atoms with Gasteiger partial charge in [0.25, 0.3) is 0 Å². The quantitative estimate of drug-likeness (QED) is 0.764. The van der Waals surface area contributed by atoms with E-state index in [1.807, 2.05) is 53.4 Å². The van der Waals surface area contributed by atoms with Crippen molar-refractivity contribution >= 4 is 25.8 Å². The molecule has 1 aliphatic heterocycles. The van der Waals surface area contributed by atoms with E-state index in [0.29, 0.717) is 5.46 Å². The monoisotopic (exact) mass is 344 g/mol. The van der Waals surface area contributed by atoms with Crippen LogP contribution in [-0.4, -0.2) is 26.4 Å². The zero-order chi connectivity index (χ0) is 17.8. The molecule has 0 aliphatic carbocycles. The summed E-state index contributed by atoms with van der Waals surface area (Å²) in [5.74, 6) is 0. The number of benzene rings is 1. The van der Waals surface area contributed by atoms with Gasteiger partial charge in [0.1, 0.15) is 0 Å². The minimum atomic E-state index is -4.38. The van der Waals surface area contributed by atoms with Crippen LogP contribution < -0.4 is 10.6 Å². The fraction of sp³-hybridized carbons (Fsp3) is 0.625. The van der Waals surface area contributed by atoms with Crippen molar-refractivity contribution in [1.29, 1.82) is 0 Å². The molecule has 128 valence electrons. The van der Waals surface area contributed by atoms with Gasteiger partial charge >= 0.3 is 13.3 Å². The van der Waals surface area contributed by atoms with E-state index in [4.69, 9.17) is 9.31 Å². The van der Waals surface area contributed by atoms with Gasteiger partial charge in [-0.1, -0.05) is 43.0 Å². The minimum Gasteiger partial charge on any atom is -0.399 e. The molecule has 0 atom stereocenters. The molecule has 1 saturated heterocycles. The molecular weight excluding hydrogens is 320 g/mol. The van der Waals surface area contributed by atoms with Crippen LogP contribution in [0.15, 0.2) is 18.2 Å². The van der Waals surface area contributed by atoms with Crippen molar-refractivity contribution in [2.24, 2.45) is 0 Å². The normalized spacial score (nSPS) is 20.9. The van der Waals surface area contributed by atoms with Gasteiger partial charge in [-0.05, 0) is 33.2 Å². The largest absolute Gasteiger partial charge is 0.494 e. The lowest BCUT2D eigenvalue weighted by Crippen LogP contribution is -2.44. The van der Waals surface area contributed by atoms with Gasteiger partial charge in [0.05, 0.1) is 24.8 Å². The summed E-state index contributed by atoms with van der Waals surface area (Å²) in [6, 6.07) is 4.22. The fourth-order valence-electron chi connectivity index (χ4n) is 2.36. The fourth-order valence-corrected chi connectivity index (χ4v) is 3.55. The van der Waals surface area contributed by atoms with E-state index >= 15 is 0 Å². The van der Waals surface area contributed by atoms with E-state index in [-0.39, 0.29) is 0 Å². The van der Waals surface area contributed by atoms with Gasteiger partial charge in [-0.15, -0.1) is 0 Å². The van der Waals surface area contributed by atoms with Crippen molar-refractivity contribution in [3.05, 3.63) is 23.8 Å². The second-order valence-corrected chi connectivity index (χ2v) is 13.3. The lowest BCUT2D eigenvalue weighted by molar-refractivity contribution is -0.137. The molecule has 1 aromatic carbocycles. The molecule has 0 saturated carbocycles.